The monoisotopic (exact) mass is 356 g/mol. The molecule has 0 heterocycles. The van der Waals surface area contributed by atoms with Crippen molar-refractivity contribution >= 4 is 33.4 Å². The van der Waals surface area contributed by atoms with Crippen molar-refractivity contribution in [2.24, 2.45) is 5.73 Å². The van der Waals surface area contributed by atoms with Crippen molar-refractivity contribution in [3.05, 3.63) is 62.8 Å². The molecule has 20 heavy (non-hydrogen) atoms. The van der Waals surface area contributed by atoms with E-state index in [1.165, 1.54) is 12.1 Å². The van der Waals surface area contributed by atoms with Crippen molar-refractivity contribution in [3.63, 3.8) is 0 Å². The van der Waals surface area contributed by atoms with E-state index in [1.54, 1.807) is 18.2 Å². The Hall–Kier alpha value is -1.59. The average Bonchev–Trinajstić information content (AvgIpc) is 2.41. The first-order chi connectivity index (χ1) is 9.47. The van der Waals surface area contributed by atoms with E-state index in [2.05, 4.69) is 15.9 Å². The molecule has 0 aromatic heterocycles. The number of ether oxygens (including phenoxy) is 1. The summed E-state index contributed by atoms with van der Waals surface area (Å²) in [4.78, 5) is 0. The molecule has 3 nitrogen and oxygen atoms in total. The largest absolute Gasteiger partial charge is 0.488 e. The highest BCUT2D eigenvalue weighted by Crippen LogP contribution is 2.31. The molecule has 0 radical (unpaired) electrons. The van der Waals surface area contributed by atoms with Crippen LogP contribution in [0.4, 0.5) is 4.39 Å². The lowest BCUT2D eigenvalue weighted by Gasteiger charge is -2.10. The molecule has 6 heteroatoms. The Bertz CT molecular complexity index is 664. The van der Waals surface area contributed by atoms with Gasteiger partial charge in [0.1, 0.15) is 24.0 Å². The summed E-state index contributed by atoms with van der Waals surface area (Å²) in [6, 6.07) is 9.78. The van der Waals surface area contributed by atoms with E-state index in [9.17, 15) is 4.39 Å². The quantitative estimate of drug-likeness (QED) is 0.491. The molecule has 0 aliphatic heterocycles. The van der Waals surface area contributed by atoms with Crippen molar-refractivity contribution in [2.45, 2.75) is 6.61 Å². The number of amidine groups is 1. The molecule has 2 aromatic rings. The molecule has 104 valence electrons. The van der Waals surface area contributed by atoms with Gasteiger partial charge < -0.3 is 10.5 Å². The summed E-state index contributed by atoms with van der Waals surface area (Å²) in [5.41, 5.74) is 6.87. The SMILES string of the molecule is N=C(N)c1cccc(COc2cc(F)c(Cl)cc2Br)c1. The summed E-state index contributed by atoms with van der Waals surface area (Å²) in [5.74, 6) is -0.187. The van der Waals surface area contributed by atoms with Gasteiger partial charge in [0.05, 0.1) is 9.50 Å². The van der Waals surface area contributed by atoms with E-state index in [1.807, 2.05) is 6.07 Å². The average molecular weight is 358 g/mol. The van der Waals surface area contributed by atoms with Crippen molar-refractivity contribution in [1.82, 2.24) is 0 Å². The fraction of sp³-hybridized carbons (Fsp3) is 0.0714. The van der Waals surface area contributed by atoms with Gasteiger partial charge in [0.25, 0.3) is 0 Å². The predicted molar refractivity (Wildman–Crippen MR) is 80.9 cm³/mol. The van der Waals surface area contributed by atoms with Crippen molar-refractivity contribution in [3.8, 4) is 5.75 Å². The molecule has 0 aliphatic rings. The highest BCUT2D eigenvalue weighted by atomic mass is 79.9. The zero-order chi connectivity index (χ0) is 14.7. The molecule has 0 bridgehead atoms. The zero-order valence-corrected chi connectivity index (χ0v) is 12.6. The second kappa shape index (κ2) is 6.24. The summed E-state index contributed by atoms with van der Waals surface area (Å²) in [6.45, 7) is 0.237. The van der Waals surface area contributed by atoms with Gasteiger partial charge in [0.15, 0.2) is 0 Å². The van der Waals surface area contributed by atoms with E-state index < -0.39 is 5.82 Å². The van der Waals surface area contributed by atoms with Gasteiger partial charge in [-0.3, -0.25) is 5.41 Å². The smallest absolute Gasteiger partial charge is 0.145 e. The summed E-state index contributed by atoms with van der Waals surface area (Å²) in [7, 11) is 0. The first kappa shape index (κ1) is 14.8. The normalized spacial score (nSPS) is 10.3. The first-order valence-electron chi connectivity index (χ1n) is 5.68. The van der Waals surface area contributed by atoms with Crippen LogP contribution in [0, 0.1) is 11.2 Å². The number of hydrogen-bond donors (Lipinski definition) is 2. The Kier molecular flexibility index (Phi) is 4.62. The molecule has 0 spiro atoms. The summed E-state index contributed by atoms with van der Waals surface area (Å²) in [5, 5.41) is 7.41. The minimum absolute atomic E-state index is 0.00873. The van der Waals surface area contributed by atoms with Gasteiger partial charge >= 0.3 is 0 Å². The summed E-state index contributed by atoms with van der Waals surface area (Å²) in [6.07, 6.45) is 0. The zero-order valence-electron chi connectivity index (χ0n) is 10.3. The summed E-state index contributed by atoms with van der Waals surface area (Å²) < 4.78 is 19.5. The molecule has 0 aliphatic carbocycles. The maximum absolute atomic E-state index is 13.4. The lowest BCUT2D eigenvalue weighted by Crippen LogP contribution is -2.11. The lowest BCUT2D eigenvalue weighted by molar-refractivity contribution is 0.302. The van der Waals surface area contributed by atoms with Gasteiger partial charge in [-0.15, -0.1) is 0 Å². The van der Waals surface area contributed by atoms with Gasteiger partial charge in [0, 0.05) is 11.6 Å². The highest BCUT2D eigenvalue weighted by Gasteiger charge is 2.08. The summed E-state index contributed by atoms with van der Waals surface area (Å²) >= 11 is 8.92. The molecular formula is C14H11BrClFN2O. The Morgan fingerprint density at radius 1 is 1.35 bits per heavy atom. The topological polar surface area (TPSA) is 59.1 Å². The molecule has 2 rings (SSSR count). The van der Waals surface area contributed by atoms with Gasteiger partial charge in [-0.05, 0) is 33.6 Å². The molecule has 0 unspecified atom stereocenters. The Morgan fingerprint density at radius 3 is 2.80 bits per heavy atom. The third-order valence-electron chi connectivity index (χ3n) is 2.61. The van der Waals surface area contributed by atoms with Gasteiger partial charge in [0.2, 0.25) is 0 Å². The van der Waals surface area contributed by atoms with Crippen LogP contribution < -0.4 is 10.5 Å². The number of halogens is 3. The Labute approximate surface area is 129 Å². The number of rotatable bonds is 4. The number of hydrogen-bond acceptors (Lipinski definition) is 2. The van der Waals surface area contributed by atoms with E-state index in [0.29, 0.717) is 15.8 Å². The first-order valence-corrected chi connectivity index (χ1v) is 6.85. The van der Waals surface area contributed by atoms with Crippen molar-refractivity contribution < 1.29 is 9.13 Å². The predicted octanol–water partition coefficient (Wildman–Crippen LogP) is 4.10. The van der Waals surface area contributed by atoms with E-state index >= 15 is 0 Å². The van der Waals surface area contributed by atoms with Gasteiger partial charge in [-0.1, -0.05) is 29.8 Å². The second-order valence-electron chi connectivity index (χ2n) is 4.10. The van der Waals surface area contributed by atoms with Crippen molar-refractivity contribution in [2.75, 3.05) is 0 Å². The molecule has 0 atom stereocenters. The van der Waals surface area contributed by atoms with E-state index in [0.717, 1.165) is 5.56 Å². The van der Waals surface area contributed by atoms with E-state index in [4.69, 9.17) is 27.5 Å². The van der Waals surface area contributed by atoms with Gasteiger partial charge in [-0.25, -0.2) is 4.39 Å². The molecule has 0 fully saturated rings. The van der Waals surface area contributed by atoms with Crippen LogP contribution in [-0.2, 0) is 6.61 Å². The molecule has 0 saturated heterocycles. The maximum atomic E-state index is 13.4. The Morgan fingerprint density at radius 2 is 2.10 bits per heavy atom. The third-order valence-corrected chi connectivity index (χ3v) is 3.52. The number of nitrogens with two attached hydrogens (primary N) is 1. The maximum Gasteiger partial charge on any atom is 0.145 e. The fourth-order valence-electron chi connectivity index (χ4n) is 1.60. The van der Waals surface area contributed by atoms with Crippen LogP contribution in [0.5, 0.6) is 5.75 Å². The third kappa shape index (κ3) is 3.49. The van der Waals surface area contributed by atoms with Gasteiger partial charge in [-0.2, -0.15) is 0 Å². The van der Waals surface area contributed by atoms with Crippen LogP contribution in [0.2, 0.25) is 5.02 Å². The van der Waals surface area contributed by atoms with Crippen LogP contribution in [0.3, 0.4) is 0 Å². The second-order valence-corrected chi connectivity index (χ2v) is 5.36. The molecule has 3 N–H and O–H groups in total. The van der Waals surface area contributed by atoms with Crippen LogP contribution >= 0.6 is 27.5 Å². The number of nitrogens with one attached hydrogen (secondary N) is 1. The number of nitrogen functional groups attached to an aromatic ring is 1. The molecule has 0 saturated carbocycles. The molecule has 2 aromatic carbocycles. The lowest BCUT2D eigenvalue weighted by atomic mass is 10.1. The van der Waals surface area contributed by atoms with E-state index in [-0.39, 0.29) is 17.5 Å². The van der Waals surface area contributed by atoms with Crippen LogP contribution in [0.25, 0.3) is 0 Å². The van der Waals surface area contributed by atoms with Crippen LogP contribution in [0.15, 0.2) is 40.9 Å². The Balaban J connectivity index is 2.15. The molecule has 0 amide bonds. The molecular weight excluding hydrogens is 347 g/mol. The fourth-order valence-corrected chi connectivity index (χ4v) is 2.36. The minimum Gasteiger partial charge on any atom is -0.488 e. The highest BCUT2D eigenvalue weighted by molar-refractivity contribution is 9.10. The van der Waals surface area contributed by atoms with Crippen molar-refractivity contribution in [1.29, 1.82) is 5.41 Å². The number of benzene rings is 2. The van der Waals surface area contributed by atoms with Crippen LogP contribution in [-0.4, -0.2) is 5.84 Å². The minimum atomic E-state index is -0.539. The van der Waals surface area contributed by atoms with Crippen LogP contribution in [0.1, 0.15) is 11.1 Å². The standard InChI is InChI=1S/C14H11BrClFN2O/c15-10-5-11(16)12(17)6-13(10)20-7-8-2-1-3-9(4-8)14(18)19/h1-6H,7H2,(H3,18,19).